The summed E-state index contributed by atoms with van der Waals surface area (Å²) in [5.41, 5.74) is 2.43. The van der Waals surface area contributed by atoms with Crippen molar-refractivity contribution in [2.45, 2.75) is 26.4 Å². The minimum atomic E-state index is -0.577. The minimum Gasteiger partial charge on any atom is -0.387 e. The van der Waals surface area contributed by atoms with Gasteiger partial charge in [-0.15, -0.1) is 5.10 Å². The molecule has 1 N–H and O–H groups in total. The van der Waals surface area contributed by atoms with Gasteiger partial charge in [0.15, 0.2) is 0 Å². The molecule has 2 aromatic rings. The maximum atomic E-state index is 9.66. The van der Waals surface area contributed by atoms with Crippen molar-refractivity contribution in [1.29, 1.82) is 0 Å². The normalized spacial score (nSPS) is 12.7. The smallest absolute Gasteiger partial charge is 0.112 e. The van der Waals surface area contributed by atoms with E-state index in [1.807, 2.05) is 32.0 Å². The summed E-state index contributed by atoms with van der Waals surface area (Å²) < 4.78 is 1.59. The average molecular weight is 252 g/mol. The van der Waals surface area contributed by atoms with Crippen LogP contribution in [0.1, 0.15) is 30.7 Å². The quantitative estimate of drug-likeness (QED) is 0.913. The monoisotopic (exact) mass is 251 g/mol. The number of aromatic nitrogens is 3. The fourth-order valence-corrected chi connectivity index (χ4v) is 1.76. The number of nitrogens with zero attached hydrogens (tertiary/aromatic N) is 3. The number of aliphatic hydroxyl groups is 1. The molecule has 0 aliphatic heterocycles. The lowest BCUT2D eigenvalue weighted by molar-refractivity contribution is 0.169. The molecule has 2 rings (SSSR count). The predicted octanol–water partition coefficient (Wildman–Crippen LogP) is 2.67. The van der Waals surface area contributed by atoms with Crippen molar-refractivity contribution in [2.75, 3.05) is 0 Å². The van der Waals surface area contributed by atoms with E-state index in [1.54, 1.807) is 10.9 Å². The average Bonchev–Trinajstić information content (AvgIpc) is 2.80. The van der Waals surface area contributed by atoms with Gasteiger partial charge >= 0.3 is 0 Å². The maximum Gasteiger partial charge on any atom is 0.112 e. The first-order valence-corrected chi connectivity index (χ1v) is 5.86. The highest BCUT2D eigenvalue weighted by Gasteiger charge is 2.11. The van der Waals surface area contributed by atoms with Gasteiger partial charge in [-0.1, -0.05) is 29.8 Å². The number of halogens is 1. The molecule has 1 atom stereocenters. The van der Waals surface area contributed by atoms with Crippen LogP contribution in [0.2, 0.25) is 5.02 Å². The van der Waals surface area contributed by atoms with E-state index in [1.165, 1.54) is 0 Å². The molecule has 1 unspecified atom stereocenters. The first-order valence-electron chi connectivity index (χ1n) is 5.48. The van der Waals surface area contributed by atoms with E-state index < -0.39 is 6.10 Å². The molecule has 0 radical (unpaired) electrons. The third-order valence-electron chi connectivity index (χ3n) is 2.59. The van der Waals surface area contributed by atoms with Gasteiger partial charge in [-0.05, 0) is 31.0 Å². The van der Waals surface area contributed by atoms with E-state index in [0.29, 0.717) is 17.1 Å². The summed E-state index contributed by atoms with van der Waals surface area (Å²) in [7, 11) is 0. The van der Waals surface area contributed by atoms with Gasteiger partial charge in [0.2, 0.25) is 0 Å². The Bertz CT molecular complexity index is 524. The Morgan fingerprint density at radius 2 is 2.24 bits per heavy atom. The van der Waals surface area contributed by atoms with Crippen molar-refractivity contribution in [2.24, 2.45) is 0 Å². The fraction of sp³-hybridized carbons (Fsp3) is 0.333. The van der Waals surface area contributed by atoms with Gasteiger partial charge in [-0.25, -0.2) is 4.68 Å². The van der Waals surface area contributed by atoms with Crippen LogP contribution in [0.4, 0.5) is 0 Å². The highest BCUT2D eigenvalue weighted by Crippen LogP contribution is 2.22. The number of rotatable bonds is 3. The number of hydrogen-bond donors (Lipinski definition) is 1. The van der Waals surface area contributed by atoms with E-state index in [9.17, 15) is 5.11 Å². The molecule has 1 heterocycles. The van der Waals surface area contributed by atoms with Gasteiger partial charge in [0.05, 0.1) is 23.0 Å². The first kappa shape index (κ1) is 12.1. The zero-order valence-corrected chi connectivity index (χ0v) is 10.5. The van der Waals surface area contributed by atoms with E-state index in [-0.39, 0.29) is 0 Å². The number of benzene rings is 1. The van der Waals surface area contributed by atoms with Crippen LogP contribution in [0.3, 0.4) is 0 Å². The summed E-state index contributed by atoms with van der Waals surface area (Å²) in [5.74, 6) is 0. The number of hydrogen-bond acceptors (Lipinski definition) is 3. The molecule has 0 aliphatic carbocycles. The zero-order valence-electron chi connectivity index (χ0n) is 9.76. The van der Waals surface area contributed by atoms with Gasteiger partial charge in [0.25, 0.3) is 0 Å². The molecule has 0 aliphatic rings. The molecule has 0 saturated heterocycles. The van der Waals surface area contributed by atoms with Crippen LogP contribution in [0, 0.1) is 6.92 Å². The summed E-state index contributed by atoms with van der Waals surface area (Å²) in [6.07, 6.45) is 1.74. The molecule has 17 heavy (non-hydrogen) atoms. The summed E-state index contributed by atoms with van der Waals surface area (Å²) >= 11 is 6.10. The van der Waals surface area contributed by atoms with Crippen molar-refractivity contribution in [1.82, 2.24) is 15.0 Å². The summed E-state index contributed by atoms with van der Waals surface area (Å²) in [6, 6.07) is 5.69. The largest absolute Gasteiger partial charge is 0.387 e. The zero-order chi connectivity index (χ0) is 12.4. The Morgan fingerprint density at radius 1 is 1.47 bits per heavy atom. The molecular weight excluding hydrogens is 238 g/mol. The van der Waals surface area contributed by atoms with Crippen molar-refractivity contribution in [3.05, 3.63) is 40.7 Å². The molecule has 4 nitrogen and oxygen atoms in total. The lowest BCUT2D eigenvalue weighted by Crippen LogP contribution is -1.96. The summed E-state index contributed by atoms with van der Waals surface area (Å²) in [5, 5.41) is 18.2. The standard InChI is InChI=1S/C12H14ClN3O/c1-3-12(17)10-7-16(15-14-10)11-6-8(2)4-5-9(11)13/h4-7,12,17H,3H2,1-2H3. The maximum absolute atomic E-state index is 9.66. The highest BCUT2D eigenvalue weighted by molar-refractivity contribution is 6.32. The van der Waals surface area contributed by atoms with Gasteiger partial charge in [-0.2, -0.15) is 0 Å². The molecule has 0 bridgehead atoms. The molecular formula is C12H14ClN3O. The number of aryl methyl sites for hydroxylation is 1. The van der Waals surface area contributed by atoms with Crippen molar-refractivity contribution < 1.29 is 5.11 Å². The molecule has 1 aromatic carbocycles. The SMILES string of the molecule is CCC(O)c1cn(-c2cc(C)ccc2Cl)nn1. The third kappa shape index (κ3) is 2.48. The second-order valence-corrected chi connectivity index (χ2v) is 4.37. The summed E-state index contributed by atoms with van der Waals surface area (Å²) in [4.78, 5) is 0. The van der Waals surface area contributed by atoms with Crippen molar-refractivity contribution in [3.63, 3.8) is 0 Å². The third-order valence-corrected chi connectivity index (χ3v) is 2.91. The number of aliphatic hydroxyl groups excluding tert-OH is 1. The van der Waals surface area contributed by atoms with Gasteiger partial charge in [0.1, 0.15) is 5.69 Å². The Labute approximate surface area is 105 Å². The van der Waals surface area contributed by atoms with Crippen LogP contribution in [-0.4, -0.2) is 20.1 Å². The minimum absolute atomic E-state index is 0.560. The van der Waals surface area contributed by atoms with Crippen LogP contribution < -0.4 is 0 Å². The topological polar surface area (TPSA) is 50.9 Å². The van der Waals surface area contributed by atoms with Gasteiger partial charge in [-0.3, -0.25) is 0 Å². The lowest BCUT2D eigenvalue weighted by atomic mass is 10.2. The van der Waals surface area contributed by atoms with Crippen LogP contribution >= 0.6 is 11.6 Å². The van der Waals surface area contributed by atoms with Gasteiger partial charge < -0.3 is 5.11 Å². The molecule has 0 fully saturated rings. The lowest BCUT2D eigenvalue weighted by Gasteiger charge is -2.04. The van der Waals surface area contributed by atoms with E-state index >= 15 is 0 Å². The molecule has 5 heteroatoms. The Kier molecular flexibility index (Phi) is 3.45. The molecule has 90 valence electrons. The van der Waals surface area contributed by atoms with Crippen LogP contribution in [0.15, 0.2) is 24.4 Å². The predicted molar refractivity (Wildman–Crippen MR) is 66.4 cm³/mol. The Morgan fingerprint density at radius 3 is 2.94 bits per heavy atom. The highest BCUT2D eigenvalue weighted by atomic mass is 35.5. The van der Waals surface area contributed by atoms with Crippen molar-refractivity contribution >= 4 is 11.6 Å². The van der Waals surface area contributed by atoms with Crippen LogP contribution in [-0.2, 0) is 0 Å². The fourth-order valence-electron chi connectivity index (χ4n) is 1.55. The van der Waals surface area contributed by atoms with E-state index in [2.05, 4.69) is 10.3 Å². The van der Waals surface area contributed by atoms with Crippen molar-refractivity contribution in [3.8, 4) is 5.69 Å². The second kappa shape index (κ2) is 4.85. The van der Waals surface area contributed by atoms with Crippen LogP contribution in [0.25, 0.3) is 5.69 Å². The molecule has 0 amide bonds. The van der Waals surface area contributed by atoms with E-state index in [0.717, 1.165) is 11.3 Å². The molecule has 0 spiro atoms. The molecule has 0 saturated carbocycles. The first-order chi connectivity index (χ1) is 8.11. The second-order valence-electron chi connectivity index (χ2n) is 3.97. The van der Waals surface area contributed by atoms with Gasteiger partial charge in [0, 0.05) is 0 Å². The van der Waals surface area contributed by atoms with Crippen LogP contribution in [0.5, 0.6) is 0 Å². The molecule has 1 aromatic heterocycles. The Hall–Kier alpha value is -1.39. The van der Waals surface area contributed by atoms with E-state index in [4.69, 9.17) is 11.6 Å². The Balaban J connectivity index is 2.40. The summed E-state index contributed by atoms with van der Waals surface area (Å²) in [6.45, 7) is 3.88.